The van der Waals surface area contributed by atoms with Crippen molar-refractivity contribution in [2.75, 3.05) is 6.61 Å². The SMILES string of the molecule is CCOC(=O)/C=C/[C@H](CCC(=O)NC(c1ccccc1)(c1ccccc1)c1ccccc1)NC(=O)[C@H](Cc1ncc[nH]1)NC(=O)[C@H](CC(C)C)NC(=O)OCc1ccccc1. The lowest BCUT2D eigenvalue weighted by atomic mass is 9.77. The van der Waals surface area contributed by atoms with E-state index in [0.29, 0.717) is 5.82 Å². The summed E-state index contributed by atoms with van der Waals surface area (Å²) in [5, 5.41) is 11.7. The van der Waals surface area contributed by atoms with Crippen LogP contribution in [0.25, 0.3) is 0 Å². The number of rotatable bonds is 21. The van der Waals surface area contributed by atoms with Gasteiger partial charge in [-0.2, -0.15) is 0 Å². The molecule has 61 heavy (non-hydrogen) atoms. The highest BCUT2D eigenvalue weighted by molar-refractivity contribution is 5.92. The van der Waals surface area contributed by atoms with E-state index >= 15 is 0 Å². The first-order chi connectivity index (χ1) is 29.6. The zero-order chi connectivity index (χ0) is 43.5. The Morgan fingerprint density at radius 2 is 1.28 bits per heavy atom. The number of benzene rings is 4. The Hall–Kier alpha value is -7.02. The van der Waals surface area contributed by atoms with E-state index in [-0.39, 0.29) is 50.7 Å². The minimum atomic E-state index is -1.18. The van der Waals surface area contributed by atoms with Crippen molar-refractivity contribution in [1.82, 2.24) is 31.2 Å². The van der Waals surface area contributed by atoms with Gasteiger partial charge in [0.15, 0.2) is 0 Å². The quantitative estimate of drug-likeness (QED) is 0.0326. The van der Waals surface area contributed by atoms with Crippen molar-refractivity contribution in [2.24, 2.45) is 5.92 Å². The van der Waals surface area contributed by atoms with Gasteiger partial charge in [-0.25, -0.2) is 14.6 Å². The van der Waals surface area contributed by atoms with Crippen LogP contribution in [0.3, 0.4) is 0 Å². The lowest BCUT2D eigenvalue weighted by molar-refractivity contribution is -0.137. The van der Waals surface area contributed by atoms with Crippen molar-refractivity contribution < 1.29 is 33.4 Å². The highest BCUT2D eigenvalue weighted by atomic mass is 16.5. The highest BCUT2D eigenvalue weighted by Crippen LogP contribution is 2.37. The predicted octanol–water partition coefficient (Wildman–Crippen LogP) is 6.27. The predicted molar refractivity (Wildman–Crippen MR) is 232 cm³/mol. The minimum Gasteiger partial charge on any atom is -0.463 e. The van der Waals surface area contributed by atoms with Crippen LogP contribution in [0.1, 0.15) is 68.1 Å². The number of aromatic nitrogens is 2. The van der Waals surface area contributed by atoms with Gasteiger partial charge in [0, 0.05) is 37.4 Å². The molecule has 0 aliphatic heterocycles. The standard InChI is InChI=1S/C48H54N6O7/c1-4-60-44(56)28-26-39(25-27-43(55)54-48(36-19-11-6-12-20-36,37-21-13-7-14-22-37)38-23-15-8-16-24-38)51-45(57)41(32-42-49-29-30-50-42)52-46(58)40(31-34(2)3)53-47(59)61-33-35-17-9-5-10-18-35/h5-24,26,28-30,34,39-41H,4,25,27,31-33H2,1-3H3,(H,49,50)(H,51,57)(H,52,58)(H,53,59)(H,54,55)/b28-26+/t39-,40-,41-/m0/s1. The van der Waals surface area contributed by atoms with Crippen molar-refractivity contribution in [3.8, 4) is 0 Å². The maximum atomic E-state index is 14.2. The monoisotopic (exact) mass is 826 g/mol. The number of amides is 4. The van der Waals surface area contributed by atoms with Crippen molar-refractivity contribution in [1.29, 1.82) is 0 Å². The first kappa shape index (κ1) is 45.1. The molecule has 318 valence electrons. The molecule has 3 atom stereocenters. The summed E-state index contributed by atoms with van der Waals surface area (Å²) >= 11 is 0. The van der Waals surface area contributed by atoms with E-state index in [4.69, 9.17) is 9.47 Å². The Kier molecular flexibility index (Phi) is 17.0. The number of carbonyl (C=O) groups is 5. The van der Waals surface area contributed by atoms with Crippen LogP contribution in [-0.4, -0.2) is 64.5 Å². The molecule has 13 nitrogen and oxygen atoms in total. The van der Waals surface area contributed by atoms with Gasteiger partial charge in [-0.3, -0.25) is 14.4 Å². The number of nitrogens with one attached hydrogen (secondary N) is 5. The molecule has 0 aliphatic rings. The fourth-order valence-electron chi connectivity index (χ4n) is 6.92. The van der Waals surface area contributed by atoms with Gasteiger partial charge >= 0.3 is 12.1 Å². The summed E-state index contributed by atoms with van der Waals surface area (Å²) in [6, 6.07) is 35.2. The number of ether oxygens (including phenoxy) is 2. The molecule has 0 saturated heterocycles. The van der Waals surface area contributed by atoms with E-state index in [1.807, 2.05) is 135 Å². The number of hydrogen-bond donors (Lipinski definition) is 5. The van der Waals surface area contributed by atoms with Gasteiger partial charge in [-0.1, -0.05) is 141 Å². The zero-order valence-electron chi connectivity index (χ0n) is 34.7. The second kappa shape index (κ2) is 22.9. The Bertz CT molecular complexity index is 2070. The summed E-state index contributed by atoms with van der Waals surface area (Å²) in [6.07, 6.45) is 5.27. The number of esters is 1. The number of aromatic amines is 1. The van der Waals surface area contributed by atoms with Gasteiger partial charge in [0.25, 0.3) is 0 Å². The fraction of sp³-hybridized carbons (Fsp3) is 0.292. The molecule has 1 heterocycles. The maximum absolute atomic E-state index is 14.2. The molecule has 13 heteroatoms. The minimum absolute atomic E-state index is 0.00419. The number of nitrogens with zero attached hydrogens (tertiary/aromatic N) is 1. The van der Waals surface area contributed by atoms with E-state index in [1.165, 1.54) is 18.3 Å². The number of H-pyrrole nitrogens is 1. The van der Waals surface area contributed by atoms with Crippen LogP contribution in [0.2, 0.25) is 0 Å². The van der Waals surface area contributed by atoms with Gasteiger partial charge in [-0.15, -0.1) is 0 Å². The van der Waals surface area contributed by atoms with Crippen LogP contribution in [-0.2, 0) is 47.2 Å². The molecule has 0 aliphatic carbocycles. The second-order valence-electron chi connectivity index (χ2n) is 14.9. The molecule has 0 radical (unpaired) electrons. The third kappa shape index (κ3) is 13.5. The van der Waals surface area contributed by atoms with Gasteiger partial charge in [0.2, 0.25) is 17.7 Å². The first-order valence-electron chi connectivity index (χ1n) is 20.5. The highest BCUT2D eigenvalue weighted by Gasteiger charge is 2.38. The molecule has 5 aromatic rings. The number of hydrogen-bond acceptors (Lipinski definition) is 8. The van der Waals surface area contributed by atoms with Crippen LogP contribution in [0, 0.1) is 5.92 Å². The Morgan fingerprint density at radius 3 is 1.80 bits per heavy atom. The third-order valence-corrected chi connectivity index (χ3v) is 9.82. The van der Waals surface area contributed by atoms with Gasteiger partial charge < -0.3 is 35.7 Å². The molecule has 1 aromatic heterocycles. The summed E-state index contributed by atoms with van der Waals surface area (Å²) in [7, 11) is 0. The fourth-order valence-corrected chi connectivity index (χ4v) is 6.92. The zero-order valence-corrected chi connectivity index (χ0v) is 34.7. The van der Waals surface area contributed by atoms with E-state index in [1.54, 1.807) is 13.1 Å². The van der Waals surface area contributed by atoms with Gasteiger partial charge in [-0.05, 0) is 47.9 Å². The lowest BCUT2D eigenvalue weighted by Crippen LogP contribution is -2.56. The number of alkyl carbamates (subject to hydrolysis) is 1. The van der Waals surface area contributed by atoms with Gasteiger partial charge in [0.05, 0.1) is 6.61 Å². The number of imidazole rings is 1. The van der Waals surface area contributed by atoms with E-state index in [0.717, 1.165) is 22.3 Å². The van der Waals surface area contributed by atoms with E-state index < -0.39 is 47.5 Å². The normalized spacial score (nSPS) is 12.8. The smallest absolute Gasteiger partial charge is 0.408 e. The van der Waals surface area contributed by atoms with Gasteiger partial charge in [0.1, 0.15) is 30.1 Å². The average molecular weight is 827 g/mol. The topological polar surface area (TPSA) is 181 Å². The number of carbonyl (C=O) groups excluding carboxylic acids is 5. The molecule has 0 spiro atoms. The lowest BCUT2D eigenvalue weighted by Gasteiger charge is -2.37. The largest absolute Gasteiger partial charge is 0.463 e. The Labute approximate surface area is 356 Å². The van der Waals surface area contributed by atoms with Crippen LogP contribution >= 0.6 is 0 Å². The van der Waals surface area contributed by atoms with Crippen LogP contribution in [0.4, 0.5) is 4.79 Å². The molecule has 4 amide bonds. The molecule has 0 bridgehead atoms. The van der Waals surface area contributed by atoms with Crippen LogP contribution in [0.5, 0.6) is 0 Å². The average Bonchev–Trinajstić information content (AvgIpc) is 3.80. The molecule has 0 unspecified atom stereocenters. The van der Waals surface area contributed by atoms with Crippen molar-refractivity contribution in [3.63, 3.8) is 0 Å². The molecular weight excluding hydrogens is 773 g/mol. The Morgan fingerprint density at radius 1 is 0.721 bits per heavy atom. The molecule has 0 fully saturated rings. The molecule has 0 saturated carbocycles. The molecule has 4 aromatic carbocycles. The summed E-state index contributed by atoms with van der Waals surface area (Å²) in [6.45, 7) is 5.65. The van der Waals surface area contributed by atoms with Crippen molar-refractivity contribution in [2.45, 2.75) is 76.7 Å². The van der Waals surface area contributed by atoms with Crippen molar-refractivity contribution in [3.05, 3.63) is 174 Å². The Balaban J connectivity index is 1.36. The summed E-state index contributed by atoms with van der Waals surface area (Å²) in [5.41, 5.74) is 2.26. The van der Waals surface area contributed by atoms with E-state index in [9.17, 15) is 24.0 Å². The maximum Gasteiger partial charge on any atom is 0.408 e. The molecular formula is C48H54N6O7. The van der Waals surface area contributed by atoms with E-state index in [2.05, 4.69) is 31.2 Å². The van der Waals surface area contributed by atoms with Crippen LogP contribution < -0.4 is 21.3 Å². The summed E-state index contributed by atoms with van der Waals surface area (Å²) in [5.74, 6) is -1.73. The van der Waals surface area contributed by atoms with Crippen LogP contribution in [0.15, 0.2) is 146 Å². The van der Waals surface area contributed by atoms with Crippen molar-refractivity contribution >= 4 is 29.8 Å². The molecule has 5 rings (SSSR count). The molecule has 5 N–H and O–H groups in total. The first-order valence-corrected chi connectivity index (χ1v) is 20.5. The summed E-state index contributed by atoms with van der Waals surface area (Å²) in [4.78, 5) is 74.9. The summed E-state index contributed by atoms with van der Waals surface area (Å²) < 4.78 is 10.5. The third-order valence-electron chi connectivity index (χ3n) is 9.82. The second-order valence-corrected chi connectivity index (χ2v) is 14.9.